The Morgan fingerprint density at radius 3 is 2.38 bits per heavy atom. The third-order valence-electron chi connectivity index (χ3n) is 2.68. The first-order chi connectivity index (χ1) is 5.86. The molecule has 72 valence electrons. The van der Waals surface area contributed by atoms with Crippen LogP contribution in [0, 0.1) is 0 Å². The maximum Gasteiger partial charge on any atom is 0.0875 e. The molecular weight excluding hydrogens is 178 g/mol. The van der Waals surface area contributed by atoms with Gasteiger partial charge in [0.25, 0.3) is 0 Å². The molecule has 0 fully saturated rings. The summed E-state index contributed by atoms with van der Waals surface area (Å²) in [6, 6.07) is 3.80. The minimum atomic E-state index is -1.61. The van der Waals surface area contributed by atoms with Crippen LogP contribution >= 0.6 is 0 Å². The zero-order valence-corrected chi connectivity index (χ0v) is 9.70. The SMILES string of the molecule is CC(O)(c1cccnc1)[Si](C)(C)C. The molecule has 0 aromatic carbocycles. The van der Waals surface area contributed by atoms with Gasteiger partial charge in [0.1, 0.15) is 0 Å². The van der Waals surface area contributed by atoms with E-state index in [1.807, 2.05) is 19.1 Å². The molecule has 0 radical (unpaired) electrons. The summed E-state index contributed by atoms with van der Waals surface area (Å²) < 4.78 is 0. The molecule has 0 saturated carbocycles. The Kier molecular flexibility index (Phi) is 2.59. The highest BCUT2D eigenvalue weighted by Gasteiger charge is 2.38. The van der Waals surface area contributed by atoms with E-state index in [0.717, 1.165) is 5.56 Å². The van der Waals surface area contributed by atoms with E-state index in [1.54, 1.807) is 12.4 Å². The summed E-state index contributed by atoms with van der Waals surface area (Å²) in [7, 11) is -1.61. The van der Waals surface area contributed by atoms with Crippen molar-refractivity contribution in [2.45, 2.75) is 31.8 Å². The monoisotopic (exact) mass is 195 g/mol. The molecule has 0 aliphatic carbocycles. The van der Waals surface area contributed by atoms with Crippen LogP contribution in [0.2, 0.25) is 19.6 Å². The summed E-state index contributed by atoms with van der Waals surface area (Å²) in [6.07, 6.45) is 3.47. The highest BCUT2D eigenvalue weighted by Crippen LogP contribution is 2.30. The minimum Gasteiger partial charge on any atom is -0.389 e. The maximum atomic E-state index is 10.3. The molecule has 1 aromatic rings. The lowest BCUT2D eigenvalue weighted by Gasteiger charge is -2.35. The third kappa shape index (κ3) is 1.98. The molecule has 1 atom stereocenters. The fraction of sp³-hybridized carbons (Fsp3) is 0.500. The number of aromatic nitrogens is 1. The summed E-state index contributed by atoms with van der Waals surface area (Å²) in [5.74, 6) is 0. The van der Waals surface area contributed by atoms with Gasteiger partial charge in [-0.25, -0.2) is 0 Å². The van der Waals surface area contributed by atoms with Crippen molar-refractivity contribution >= 4 is 8.07 Å². The molecule has 0 aliphatic rings. The molecule has 1 unspecified atom stereocenters. The predicted molar refractivity (Wildman–Crippen MR) is 57.2 cm³/mol. The van der Waals surface area contributed by atoms with E-state index in [4.69, 9.17) is 0 Å². The normalized spacial score (nSPS) is 16.7. The summed E-state index contributed by atoms with van der Waals surface area (Å²) in [5, 5.41) is 9.65. The topological polar surface area (TPSA) is 33.1 Å². The largest absolute Gasteiger partial charge is 0.389 e. The second-order valence-corrected chi connectivity index (χ2v) is 10.0. The number of hydrogen-bond acceptors (Lipinski definition) is 2. The van der Waals surface area contributed by atoms with Gasteiger partial charge in [-0.05, 0) is 18.6 Å². The fourth-order valence-corrected chi connectivity index (χ4v) is 2.10. The molecule has 1 heterocycles. The number of hydrogen-bond donors (Lipinski definition) is 1. The summed E-state index contributed by atoms with van der Waals surface area (Å²) >= 11 is 0. The van der Waals surface area contributed by atoms with E-state index in [2.05, 4.69) is 24.6 Å². The number of rotatable bonds is 2. The van der Waals surface area contributed by atoms with E-state index < -0.39 is 13.3 Å². The quantitative estimate of drug-likeness (QED) is 0.734. The Bertz CT molecular complexity index is 277. The lowest BCUT2D eigenvalue weighted by Crippen LogP contribution is -2.47. The van der Waals surface area contributed by atoms with Crippen molar-refractivity contribution in [3.8, 4) is 0 Å². The molecule has 13 heavy (non-hydrogen) atoms. The average Bonchev–Trinajstić information content (AvgIpc) is 2.04. The van der Waals surface area contributed by atoms with Gasteiger partial charge < -0.3 is 5.11 Å². The van der Waals surface area contributed by atoms with Gasteiger partial charge in [0.05, 0.1) is 13.3 Å². The smallest absolute Gasteiger partial charge is 0.0875 e. The van der Waals surface area contributed by atoms with Gasteiger partial charge in [0.15, 0.2) is 0 Å². The molecule has 0 aliphatic heterocycles. The van der Waals surface area contributed by atoms with Gasteiger partial charge in [-0.2, -0.15) is 0 Å². The highest BCUT2D eigenvalue weighted by molar-refractivity contribution is 6.78. The van der Waals surface area contributed by atoms with Crippen LogP contribution in [-0.2, 0) is 5.22 Å². The van der Waals surface area contributed by atoms with Crippen LogP contribution in [0.15, 0.2) is 24.5 Å². The number of nitrogens with zero attached hydrogens (tertiary/aromatic N) is 1. The van der Waals surface area contributed by atoms with Crippen molar-refractivity contribution in [3.05, 3.63) is 30.1 Å². The molecule has 2 nitrogen and oxygen atoms in total. The van der Waals surface area contributed by atoms with Gasteiger partial charge in [0.2, 0.25) is 0 Å². The van der Waals surface area contributed by atoms with E-state index in [0.29, 0.717) is 0 Å². The van der Waals surface area contributed by atoms with E-state index >= 15 is 0 Å². The maximum absolute atomic E-state index is 10.3. The number of pyridine rings is 1. The molecule has 0 amide bonds. The van der Waals surface area contributed by atoms with Crippen molar-refractivity contribution in [2.24, 2.45) is 0 Å². The molecule has 1 aromatic heterocycles. The zero-order valence-electron chi connectivity index (χ0n) is 8.70. The molecule has 0 saturated heterocycles. The van der Waals surface area contributed by atoms with Crippen LogP contribution in [-0.4, -0.2) is 18.2 Å². The van der Waals surface area contributed by atoms with Crippen molar-refractivity contribution in [2.75, 3.05) is 0 Å². The zero-order chi connectivity index (χ0) is 10.1. The van der Waals surface area contributed by atoms with Crippen LogP contribution in [0.25, 0.3) is 0 Å². The second-order valence-electron chi connectivity index (χ2n) is 4.56. The Morgan fingerprint density at radius 1 is 1.38 bits per heavy atom. The summed E-state index contributed by atoms with van der Waals surface area (Å²) in [4.78, 5) is 4.03. The second kappa shape index (κ2) is 3.23. The minimum absolute atomic E-state index is 0.693. The Morgan fingerprint density at radius 2 is 2.00 bits per heavy atom. The van der Waals surface area contributed by atoms with Crippen molar-refractivity contribution in [3.63, 3.8) is 0 Å². The van der Waals surface area contributed by atoms with Crippen molar-refractivity contribution < 1.29 is 5.11 Å². The number of aliphatic hydroxyl groups is 1. The molecule has 1 N–H and O–H groups in total. The summed E-state index contributed by atoms with van der Waals surface area (Å²) in [5.41, 5.74) is 0.925. The van der Waals surface area contributed by atoms with Gasteiger partial charge in [-0.15, -0.1) is 0 Å². The first-order valence-electron chi connectivity index (χ1n) is 4.48. The van der Waals surface area contributed by atoms with Crippen molar-refractivity contribution in [1.29, 1.82) is 0 Å². The van der Waals surface area contributed by atoms with Crippen LogP contribution in [0.1, 0.15) is 12.5 Å². The molecule has 0 bridgehead atoms. The van der Waals surface area contributed by atoms with Crippen LogP contribution < -0.4 is 0 Å². The van der Waals surface area contributed by atoms with Gasteiger partial charge >= 0.3 is 0 Å². The molecular formula is C10H17NOSi. The Balaban J connectivity index is 3.08. The van der Waals surface area contributed by atoms with Crippen molar-refractivity contribution in [1.82, 2.24) is 4.98 Å². The van der Waals surface area contributed by atoms with Gasteiger partial charge in [0, 0.05) is 12.4 Å². The van der Waals surface area contributed by atoms with Crippen LogP contribution in [0.4, 0.5) is 0 Å². The Hall–Kier alpha value is -0.673. The van der Waals surface area contributed by atoms with Crippen LogP contribution in [0.5, 0.6) is 0 Å². The van der Waals surface area contributed by atoms with Gasteiger partial charge in [-0.3, -0.25) is 4.98 Å². The fourth-order valence-electron chi connectivity index (χ4n) is 1.08. The van der Waals surface area contributed by atoms with E-state index in [1.165, 1.54) is 0 Å². The summed E-state index contributed by atoms with van der Waals surface area (Å²) in [6.45, 7) is 8.34. The Labute approximate surface area is 80.7 Å². The first-order valence-corrected chi connectivity index (χ1v) is 7.98. The average molecular weight is 195 g/mol. The molecule has 1 rings (SSSR count). The lowest BCUT2D eigenvalue weighted by molar-refractivity contribution is 0.135. The highest BCUT2D eigenvalue weighted by atomic mass is 28.3. The molecule has 3 heteroatoms. The third-order valence-corrected chi connectivity index (χ3v) is 5.89. The standard InChI is InChI=1S/C10H17NOSi/c1-10(12,13(2,3)4)9-6-5-7-11-8-9/h5-8,12H,1-4H3. The van der Waals surface area contributed by atoms with E-state index in [-0.39, 0.29) is 0 Å². The first kappa shape index (κ1) is 10.4. The predicted octanol–water partition coefficient (Wildman–Crippen LogP) is 2.17. The van der Waals surface area contributed by atoms with E-state index in [9.17, 15) is 5.11 Å². The lowest BCUT2D eigenvalue weighted by atomic mass is 10.2. The van der Waals surface area contributed by atoms with Crippen LogP contribution in [0.3, 0.4) is 0 Å². The molecule has 0 spiro atoms. The van der Waals surface area contributed by atoms with Gasteiger partial charge in [-0.1, -0.05) is 25.7 Å².